The van der Waals surface area contributed by atoms with Crippen molar-refractivity contribution in [3.8, 4) is 11.4 Å². The summed E-state index contributed by atoms with van der Waals surface area (Å²) in [6, 6.07) is 162. The number of para-hydroxylation sites is 10. The molecule has 0 radical (unpaired) electrons. The van der Waals surface area contributed by atoms with Crippen molar-refractivity contribution >= 4 is 198 Å². The first-order valence-electron chi connectivity index (χ1n) is 50.3. The molecule has 6 nitrogen and oxygen atoms in total. The van der Waals surface area contributed by atoms with Gasteiger partial charge in [-0.1, -0.05) is 337 Å². The van der Waals surface area contributed by atoms with E-state index in [2.05, 4.69) is 507 Å². The molecule has 32 rings (SSSR count). The van der Waals surface area contributed by atoms with Crippen LogP contribution in [0.4, 0.5) is 0 Å². The minimum atomic E-state index is 1.17. The Morgan fingerprint density at radius 2 is 0.361 bits per heavy atom. The summed E-state index contributed by atoms with van der Waals surface area (Å²) < 4.78 is 9.87. The fourth-order valence-corrected chi connectivity index (χ4v) is 25.6. The van der Waals surface area contributed by atoms with E-state index in [-0.39, 0.29) is 0 Å². The van der Waals surface area contributed by atoms with Gasteiger partial charge in [0.2, 0.25) is 0 Å². The summed E-state index contributed by atoms with van der Waals surface area (Å²) >= 11 is 0. The molecule has 6 heteroatoms. The second-order valence-electron chi connectivity index (χ2n) is 40.2. The highest BCUT2D eigenvalue weighted by molar-refractivity contribution is 6.39. The van der Waals surface area contributed by atoms with Gasteiger partial charge in [0.25, 0.3) is 0 Å². The van der Waals surface area contributed by atoms with E-state index in [0.29, 0.717) is 0 Å². The summed E-state index contributed by atoms with van der Waals surface area (Å²) in [5, 5.41) is 15.3. The van der Waals surface area contributed by atoms with E-state index >= 15 is 0 Å². The molecule has 0 unspecified atom stereocenters. The van der Waals surface area contributed by atoms with Gasteiger partial charge in [0.1, 0.15) is 0 Å². The second-order valence-corrected chi connectivity index (χ2v) is 40.2. The maximum Gasteiger partial charge on any atom is 0.0626 e. The molecule has 2 N–H and O–H groups in total. The Kier molecular flexibility index (Phi) is 17.6. The number of aromatic amines is 2. The van der Waals surface area contributed by atoms with Crippen LogP contribution in [0.25, 0.3) is 209 Å². The predicted octanol–water partition coefficient (Wildman–Crippen LogP) is 35.2. The molecule has 0 bridgehead atoms. The average Bonchev–Trinajstić information content (AvgIpc) is 1.51. The van der Waals surface area contributed by atoms with Crippen molar-refractivity contribution in [2.24, 2.45) is 0 Å². The SMILES string of the molecule is Cc1ccc2c(c1)C(c1ccc3[nH]c4ccccc4c3c1)=C1C2=C(c2ccc3[nH]c4ccccc4c3c2)c2cc(C)ccc21.Cc1ccc2c(c1)C(c1ccc3c(c1)c1ccccc1n3-c1ccccc1)=C1C2=C(c2ccc3c(c2)c2ccccc2n3-c2ccccc2)c2cc(C)ccc21.Cc1ccc2c(c1)C(n1c3ccccc3c3ccccc31)=C1C2=C(n2c3ccccc3c3ccccc32)c2cc(C)ccc21. The first kappa shape index (κ1) is 81.6. The molecule has 0 aliphatic heterocycles. The van der Waals surface area contributed by atoms with Gasteiger partial charge in [-0.2, -0.15) is 0 Å². The molecule has 6 heterocycles. The zero-order valence-corrected chi connectivity index (χ0v) is 80.4. The van der Waals surface area contributed by atoms with Gasteiger partial charge in [-0.3, -0.25) is 0 Å². The van der Waals surface area contributed by atoms with E-state index in [0.717, 1.165) is 0 Å². The number of aromatic nitrogens is 6. The van der Waals surface area contributed by atoms with Crippen molar-refractivity contribution in [3.63, 3.8) is 0 Å². The Hall–Kier alpha value is -18.4. The minimum absolute atomic E-state index is 1.17. The first-order valence-corrected chi connectivity index (χ1v) is 50.3. The zero-order chi connectivity index (χ0) is 95.3. The lowest BCUT2D eigenvalue weighted by atomic mass is 9.90. The van der Waals surface area contributed by atoms with Crippen LogP contribution in [0.2, 0.25) is 0 Å². The quantitative estimate of drug-likeness (QED) is 0.152. The topological polar surface area (TPSA) is 51.3 Å². The van der Waals surface area contributed by atoms with Crippen LogP contribution in [0, 0.1) is 41.5 Å². The Bertz CT molecular complexity index is 9760. The molecule has 26 aromatic rings. The van der Waals surface area contributed by atoms with Gasteiger partial charge in [-0.15, -0.1) is 0 Å². The van der Waals surface area contributed by atoms with Gasteiger partial charge in [0.15, 0.2) is 0 Å². The van der Waals surface area contributed by atoms with Crippen LogP contribution in [-0.2, 0) is 0 Å². The normalized spacial score (nSPS) is 13.7. The Morgan fingerprint density at radius 1 is 0.139 bits per heavy atom. The number of H-pyrrole nitrogens is 2. The summed E-state index contributed by atoms with van der Waals surface area (Å²) in [4.78, 5) is 7.24. The number of benzene rings is 20. The summed E-state index contributed by atoms with van der Waals surface area (Å²) in [6.07, 6.45) is 0. The standard InChI is InChI=1S/C54H36N2.2C42H28N2/c1-33-21-25-41-45(29-33)51(35-23-27-49-43(31-35)39-17-9-11-19-47(39)55(49)37-13-5-3-6-14-37)54-42-26-22-34(2)30-46(42)52(53(41)54)36-24-28-50-44(32-36)40-18-10-12-20-48(40)56(50)38-15-7-4-8-16-38;1-25-19-21-31-33(23-25)41(43-35-15-7-3-11-27(35)28-12-4-8-16-36(28)43)40-32-22-20-26(2)24-34(32)42(39(31)40)44-37-17-9-5-13-29(37)30-14-6-10-18-38(30)44;1-23-11-15-29-33(19-23)39(25-13-17-37-31(21-25)27-7-3-5-9-35(27)43-37)42-30-16-12-24(2)20-34(30)40(41(29)42)26-14-18-38-32(22-26)28-8-4-6-10-36(28)44-38/h3-32H,1-2H3;3-24H,1-2H3;3-22,43-44H,1-2H3. The fraction of sp³-hybridized carbons (Fsp3) is 0.0435. The molecule has 0 spiro atoms. The lowest BCUT2D eigenvalue weighted by Gasteiger charge is -2.16. The van der Waals surface area contributed by atoms with Crippen LogP contribution in [0.1, 0.15) is 122 Å². The van der Waals surface area contributed by atoms with Crippen molar-refractivity contribution in [1.82, 2.24) is 28.2 Å². The van der Waals surface area contributed by atoms with Crippen molar-refractivity contribution in [2.75, 3.05) is 0 Å². The molecule has 0 saturated heterocycles. The molecule has 0 fully saturated rings. The lowest BCUT2D eigenvalue weighted by Crippen LogP contribution is -2.02. The first-order chi connectivity index (χ1) is 70.9. The highest BCUT2D eigenvalue weighted by atomic mass is 15.0. The Morgan fingerprint density at radius 3 is 0.667 bits per heavy atom. The summed E-state index contributed by atoms with van der Waals surface area (Å²) in [5.41, 5.74) is 61.2. The molecule has 674 valence electrons. The van der Waals surface area contributed by atoms with Gasteiger partial charge in [0, 0.05) is 120 Å². The number of rotatable bonds is 8. The van der Waals surface area contributed by atoms with Crippen molar-refractivity contribution < 1.29 is 0 Å². The van der Waals surface area contributed by atoms with Gasteiger partial charge in [0.05, 0.1) is 55.5 Å². The van der Waals surface area contributed by atoms with Crippen molar-refractivity contribution in [1.29, 1.82) is 0 Å². The molecule has 0 saturated carbocycles. The Labute approximate surface area is 832 Å². The molecule has 144 heavy (non-hydrogen) atoms. The predicted molar refractivity (Wildman–Crippen MR) is 607 cm³/mol. The van der Waals surface area contributed by atoms with Crippen LogP contribution in [0.15, 0.2) is 437 Å². The van der Waals surface area contributed by atoms with Gasteiger partial charge >= 0.3 is 0 Å². The molecular weight excluding hydrogens is 1740 g/mol. The maximum absolute atomic E-state index is 3.62. The third-order valence-electron chi connectivity index (χ3n) is 31.6. The smallest absolute Gasteiger partial charge is 0.0626 e. The maximum atomic E-state index is 3.62. The number of allylic oxidation sites excluding steroid dienone is 6. The molecule has 6 aliphatic rings. The lowest BCUT2D eigenvalue weighted by molar-refractivity contribution is 1.18. The van der Waals surface area contributed by atoms with Crippen LogP contribution in [-0.4, -0.2) is 28.2 Å². The van der Waals surface area contributed by atoms with E-state index in [1.54, 1.807) is 0 Å². The number of nitrogens with one attached hydrogen (secondary N) is 2. The minimum Gasteiger partial charge on any atom is -0.355 e. The van der Waals surface area contributed by atoms with E-state index in [4.69, 9.17) is 0 Å². The monoisotopic (exact) mass is 1830 g/mol. The highest BCUT2D eigenvalue weighted by Gasteiger charge is 2.43. The van der Waals surface area contributed by atoms with E-state index in [1.807, 2.05) is 0 Å². The van der Waals surface area contributed by atoms with Crippen LogP contribution >= 0.6 is 0 Å². The van der Waals surface area contributed by atoms with E-state index < -0.39 is 0 Å². The summed E-state index contributed by atoms with van der Waals surface area (Å²) in [5.74, 6) is 0. The molecule has 20 aromatic carbocycles. The van der Waals surface area contributed by atoms with Crippen LogP contribution < -0.4 is 0 Å². The van der Waals surface area contributed by atoms with Gasteiger partial charge < -0.3 is 28.2 Å². The number of fused-ring (bicyclic) bond motifs is 33. The fourth-order valence-electron chi connectivity index (χ4n) is 25.6. The van der Waals surface area contributed by atoms with E-state index in [1.165, 1.54) is 332 Å². The Balaban J connectivity index is 0.000000102. The molecule has 0 amide bonds. The third-order valence-corrected chi connectivity index (χ3v) is 31.6. The number of nitrogens with zero attached hydrogens (tertiary/aromatic N) is 4. The van der Waals surface area contributed by atoms with Gasteiger partial charge in [-0.05, 0) is 297 Å². The largest absolute Gasteiger partial charge is 0.355 e. The van der Waals surface area contributed by atoms with Gasteiger partial charge in [-0.25, -0.2) is 0 Å². The second kappa shape index (κ2) is 31.1. The highest BCUT2D eigenvalue weighted by Crippen LogP contribution is 2.64. The van der Waals surface area contributed by atoms with Crippen LogP contribution in [0.3, 0.4) is 0 Å². The molecule has 6 aliphatic carbocycles. The van der Waals surface area contributed by atoms with Crippen molar-refractivity contribution in [3.05, 3.63) is 559 Å². The summed E-state index contributed by atoms with van der Waals surface area (Å²) in [7, 11) is 0. The average molecular weight is 1830 g/mol. The van der Waals surface area contributed by atoms with Crippen molar-refractivity contribution in [2.45, 2.75) is 41.5 Å². The number of hydrogen-bond donors (Lipinski definition) is 2. The zero-order valence-electron chi connectivity index (χ0n) is 80.4. The number of hydrogen-bond acceptors (Lipinski definition) is 0. The number of aryl methyl sites for hydroxylation is 6. The molecular formula is C138H92N6. The van der Waals surface area contributed by atoms with E-state index in [9.17, 15) is 0 Å². The molecule has 0 atom stereocenters. The third kappa shape index (κ3) is 11.9. The van der Waals surface area contributed by atoms with Crippen LogP contribution in [0.5, 0.6) is 0 Å². The summed E-state index contributed by atoms with van der Waals surface area (Å²) in [6.45, 7) is 13.3. The molecule has 6 aromatic heterocycles.